The number of nitrogens with zero attached hydrogens (tertiary/aromatic N) is 4. The minimum absolute atomic E-state index is 0.0700. The van der Waals surface area contributed by atoms with Gasteiger partial charge in [-0.2, -0.15) is 0 Å². The van der Waals surface area contributed by atoms with Gasteiger partial charge in [-0.3, -0.25) is 10.1 Å². The molecule has 1 aromatic carbocycles. The van der Waals surface area contributed by atoms with E-state index < -0.39 is 4.92 Å². The molecule has 0 saturated carbocycles. The highest BCUT2D eigenvalue weighted by molar-refractivity contribution is 5.57. The molecular formula is C12H14N4O2. The molecule has 0 saturated heterocycles. The molecular weight excluding hydrogens is 232 g/mol. The van der Waals surface area contributed by atoms with E-state index >= 15 is 0 Å². The quantitative estimate of drug-likeness (QED) is 0.603. The summed E-state index contributed by atoms with van der Waals surface area (Å²) in [5.74, 6) is 0.706. The predicted molar refractivity (Wildman–Crippen MR) is 67.1 cm³/mol. The van der Waals surface area contributed by atoms with Gasteiger partial charge in [0.2, 0.25) is 0 Å². The molecule has 0 aliphatic carbocycles. The van der Waals surface area contributed by atoms with Crippen molar-refractivity contribution in [2.24, 2.45) is 0 Å². The normalized spacial score (nSPS) is 11.5. The van der Waals surface area contributed by atoms with E-state index in [0.29, 0.717) is 5.82 Å². The number of nitro benzene ring substituents is 1. The molecule has 0 radical (unpaired) electrons. The Kier molecular flexibility index (Phi) is 2.86. The van der Waals surface area contributed by atoms with Crippen molar-refractivity contribution in [3.8, 4) is 11.4 Å². The average Bonchev–Trinajstić information content (AvgIpc) is 2.77. The second kappa shape index (κ2) is 4.21. The molecule has 0 spiro atoms. The first kappa shape index (κ1) is 12.2. The number of hydrogen-bond donors (Lipinski definition) is 0. The predicted octanol–water partition coefficient (Wildman–Crippen LogP) is 2.61. The van der Waals surface area contributed by atoms with Crippen molar-refractivity contribution < 1.29 is 4.92 Å². The molecule has 6 heteroatoms. The van der Waals surface area contributed by atoms with Crippen molar-refractivity contribution >= 4 is 5.69 Å². The standard InChI is InChI=1S/C12H14N4O2/c1-12(2,3)15-8-13-14-11(15)9-4-6-10(7-5-9)16(17)18/h4-8H,1-3H3. The first-order valence-electron chi connectivity index (χ1n) is 5.55. The first-order valence-corrected chi connectivity index (χ1v) is 5.55. The van der Waals surface area contributed by atoms with Crippen LogP contribution >= 0.6 is 0 Å². The third-order valence-corrected chi connectivity index (χ3v) is 2.61. The number of hydrogen-bond acceptors (Lipinski definition) is 4. The minimum atomic E-state index is -0.418. The lowest BCUT2D eigenvalue weighted by atomic mass is 10.1. The molecule has 0 N–H and O–H groups in total. The van der Waals surface area contributed by atoms with Gasteiger partial charge in [-0.25, -0.2) is 0 Å². The molecule has 0 aliphatic rings. The summed E-state index contributed by atoms with van der Waals surface area (Å²) in [4.78, 5) is 10.2. The van der Waals surface area contributed by atoms with Gasteiger partial charge < -0.3 is 4.57 Å². The number of aromatic nitrogens is 3. The molecule has 1 aromatic heterocycles. The van der Waals surface area contributed by atoms with Crippen LogP contribution in [0.25, 0.3) is 11.4 Å². The Bertz CT molecular complexity index is 567. The zero-order valence-electron chi connectivity index (χ0n) is 10.5. The topological polar surface area (TPSA) is 73.8 Å². The Labute approximate surface area is 104 Å². The summed E-state index contributed by atoms with van der Waals surface area (Å²) in [6.45, 7) is 6.14. The largest absolute Gasteiger partial charge is 0.308 e. The number of nitro groups is 1. The van der Waals surface area contributed by atoms with Crippen LogP contribution in [0, 0.1) is 10.1 Å². The fourth-order valence-electron chi connectivity index (χ4n) is 1.65. The van der Waals surface area contributed by atoms with Crippen molar-refractivity contribution in [3.63, 3.8) is 0 Å². The summed E-state index contributed by atoms with van der Waals surface area (Å²) in [7, 11) is 0. The van der Waals surface area contributed by atoms with E-state index in [0.717, 1.165) is 5.56 Å². The van der Waals surface area contributed by atoms with Crippen molar-refractivity contribution in [2.45, 2.75) is 26.3 Å². The Morgan fingerprint density at radius 1 is 1.22 bits per heavy atom. The fourth-order valence-corrected chi connectivity index (χ4v) is 1.65. The monoisotopic (exact) mass is 246 g/mol. The van der Waals surface area contributed by atoms with Crippen LogP contribution < -0.4 is 0 Å². The van der Waals surface area contributed by atoms with E-state index in [-0.39, 0.29) is 11.2 Å². The number of non-ortho nitro benzene ring substituents is 1. The van der Waals surface area contributed by atoms with Crippen LogP contribution in [-0.2, 0) is 5.54 Å². The molecule has 0 fully saturated rings. The molecule has 1 heterocycles. The Morgan fingerprint density at radius 3 is 2.33 bits per heavy atom. The summed E-state index contributed by atoms with van der Waals surface area (Å²) in [6, 6.07) is 6.31. The van der Waals surface area contributed by atoms with Crippen LogP contribution in [0.1, 0.15) is 20.8 Å². The summed E-state index contributed by atoms with van der Waals surface area (Å²) in [6.07, 6.45) is 1.66. The van der Waals surface area contributed by atoms with Crippen molar-refractivity contribution in [3.05, 3.63) is 40.7 Å². The summed E-state index contributed by atoms with van der Waals surface area (Å²) in [5, 5.41) is 18.6. The Hall–Kier alpha value is -2.24. The summed E-state index contributed by atoms with van der Waals surface area (Å²) >= 11 is 0. The lowest BCUT2D eigenvalue weighted by molar-refractivity contribution is -0.384. The van der Waals surface area contributed by atoms with Gasteiger partial charge in [0.05, 0.1) is 4.92 Å². The second-order valence-electron chi connectivity index (χ2n) is 5.00. The second-order valence-corrected chi connectivity index (χ2v) is 5.00. The van der Waals surface area contributed by atoms with Crippen molar-refractivity contribution in [1.82, 2.24) is 14.8 Å². The maximum absolute atomic E-state index is 10.6. The van der Waals surface area contributed by atoms with E-state index in [4.69, 9.17) is 0 Å². The van der Waals surface area contributed by atoms with Crippen LogP contribution in [0.2, 0.25) is 0 Å². The lowest BCUT2D eigenvalue weighted by Crippen LogP contribution is -2.21. The van der Waals surface area contributed by atoms with Gasteiger partial charge in [0.25, 0.3) is 5.69 Å². The maximum atomic E-state index is 10.6. The van der Waals surface area contributed by atoms with Gasteiger partial charge in [0, 0.05) is 23.2 Å². The highest BCUT2D eigenvalue weighted by atomic mass is 16.6. The molecule has 0 unspecified atom stereocenters. The van der Waals surface area contributed by atoms with E-state index in [1.54, 1.807) is 18.5 Å². The summed E-state index contributed by atoms with van der Waals surface area (Å²) in [5.41, 5.74) is 0.745. The van der Waals surface area contributed by atoms with Crippen LogP contribution in [0.4, 0.5) is 5.69 Å². The van der Waals surface area contributed by atoms with Gasteiger partial charge in [-0.15, -0.1) is 10.2 Å². The molecule has 0 atom stereocenters. The SMILES string of the molecule is CC(C)(C)n1cnnc1-c1ccc([N+](=O)[O-])cc1. The van der Waals surface area contributed by atoms with Crippen molar-refractivity contribution in [2.75, 3.05) is 0 Å². The van der Waals surface area contributed by atoms with Gasteiger partial charge >= 0.3 is 0 Å². The van der Waals surface area contributed by atoms with Crippen LogP contribution in [0.5, 0.6) is 0 Å². The first-order chi connectivity index (χ1) is 8.39. The Balaban J connectivity index is 2.44. The van der Waals surface area contributed by atoms with Gasteiger partial charge in [0.15, 0.2) is 5.82 Å². The average molecular weight is 246 g/mol. The molecule has 94 valence electrons. The molecule has 0 aliphatic heterocycles. The fraction of sp³-hybridized carbons (Fsp3) is 0.333. The highest BCUT2D eigenvalue weighted by Crippen LogP contribution is 2.25. The third-order valence-electron chi connectivity index (χ3n) is 2.61. The van der Waals surface area contributed by atoms with Crippen LogP contribution in [-0.4, -0.2) is 19.7 Å². The minimum Gasteiger partial charge on any atom is -0.308 e. The zero-order chi connectivity index (χ0) is 13.3. The zero-order valence-corrected chi connectivity index (χ0v) is 10.5. The highest BCUT2D eigenvalue weighted by Gasteiger charge is 2.19. The number of benzene rings is 1. The smallest absolute Gasteiger partial charge is 0.269 e. The molecule has 2 rings (SSSR count). The van der Waals surface area contributed by atoms with E-state index in [2.05, 4.69) is 10.2 Å². The molecule has 6 nitrogen and oxygen atoms in total. The maximum Gasteiger partial charge on any atom is 0.269 e. The molecule has 2 aromatic rings. The van der Waals surface area contributed by atoms with Gasteiger partial charge in [-0.1, -0.05) is 0 Å². The van der Waals surface area contributed by atoms with E-state index in [1.807, 2.05) is 25.3 Å². The third kappa shape index (κ3) is 2.22. The van der Waals surface area contributed by atoms with E-state index in [1.165, 1.54) is 12.1 Å². The van der Waals surface area contributed by atoms with Gasteiger partial charge in [0.1, 0.15) is 6.33 Å². The van der Waals surface area contributed by atoms with Crippen molar-refractivity contribution in [1.29, 1.82) is 0 Å². The molecule has 18 heavy (non-hydrogen) atoms. The van der Waals surface area contributed by atoms with E-state index in [9.17, 15) is 10.1 Å². The summed E-state index contributed by atoms with van der Waals surface area (Å²) < 4.78 is 1.94. The van der Waals surface area contributed by atoms with Crippen LogP contribution in [0.3, 0.4) is 0 Å². The van der Waals surface area contributed by atoms with Gasteiger partial charge in [-0.05, 0) is 32.9 Å². The number of rotatable bonds is 2. The Morgan fingerprint density at radius 2 is 1.83 bits per heavy atom. The lowest BCUT2D eigenvalue weighted by Gasteiger charge is -2.22. The van der Waals surface area contributed by atoms with Crippen LogP contribution in [0.15, 0.2) is 30.6 Å². The molecule has 0 amide bonds. The molecule has 0 bridgehead atoms.